The van der Waals surface area contributed by atoms with E-state index < -0.39 is 0 Å². The number of aryl methyl sites for hydroxylation is 2. The molecule has 0 saturated heterocycles. The van der Waals surface area contributed by atoms with E-state index in [1.54, 1.807) is 23.1 Å². The minimum absolute atomic E-state index is 0.00880. The first-order valence-corrected chi connectivity index (χ1v) is 10.8. The lowest BCUT2D eigenvalue weighted by Crippen LogP contribution is -2.41. The van der Waals surface area contributed by atoms with Crippen molar-refractivity contribution in [2.45, 2.75) is 51.4 Å². The molecular weight excluding hydrogens is 390 g/mol. The fourth-order valence-electron chi connectivity index (χ4n) is 4.00. The van der Waals surface area contributed by atoms with Crippen molar-refractivity contribution in [1.82, 2.24) is 20.1 Å². The van der Waals surface area contributed by atoms with Crippen LogP contribution in [0.25, 0.3) is 11.1 Å². The van der Waals surface area contributed by atoms with E-state index in [4.69, 9.17) is 10.5 Å². The Hall–Kier alpha value is -3.19. The van der Waals surface area contributed by atoms with Gasteiger partial charge in [0.2, 0.25) is 0 Å². The van der Waals surface area contributed by atoms with E-state index >= 15 is 0 Å². The van der Waals surface area contributed by atoms with Gasteiger partial charge in [0, 0.05) is 30.6 Å². The van der Waals surface area contributed by atoms with Gasteiger partial charge in [0.25, 0.3) is 5.91 Å². The molecule has 1 aliphatic rings. The lowest BCUT2D eigenvalue weighted by atomic mass is 10.1. The van der Waals surface area contributed by atoms with Gasteiger partial charge in [-0.25, -0.2) is 4.98 Å². The number of rotatable bonds is 7. The maximum Gasteiger partial charge on any atom is 0.255 e. The van der Waals surface area contributed by atoms with Crippen LogP contribution in [0.15, 0.2) is 48.9 Å². The molecule has 0 aliphatic heterocycles. The summed E-state index contributed by atoms with van der Waals surface area (Å²) >= 11 is 0. The van der Waals surface area contributed by atoms with Crippen molar-refractivity contribution in [2.75, 3.05) is 5.73 Å². The molecular formula is C24H29N5O2. The summed E-state index contributed by atoms with van der Waals surface area (Å²) in [6, 6.07) is 10.2. The number of pyridine rings is 1. The van der Waals surface area contributed by atoms with E-state index in [1.807, 2.05) is 13.2 Å². The molecule has 3 N–H and O–H groups in total. The number of hydrogen-bond donors (Lipinski definition) is 2. The number of ether oxygens (including phenoxy) is 1. The minimum Gasteiger partial charge on any atom is -0.383 e. The predicted molar refractivity (Wildman–Crippen MR) is 120 cm³/mol. The second-order valence-corrected chi connectivity index (χ2v) is 8.09. The Labute approximate surface area is 182 Å². The van der Waals surface area contributed by atoms with Gasteiger partial charge in [-0.1, -0.05) is 31.2 Å². The number of nitrogens with two attached hydrogens (primary N) is 1. The minimum atomic E-state index is -0.219. The topological polar surface area (TPSA) is 95.1 Å². The van der Waals surface area contributed by atoms with Crippen LogP contribution >= 0.6 is 0 Å². The Morgan fingerprint density at radius 2 is 1.97 bits per heavy atom. The molecule has 2 heterocycles. The summed E-state index contributed by atoms with van der Waals surface area (Å²) in [7, 11) is 1.85. The monoisotopic (exact) mass is 419 g/mol. The van der Waals surface area contributed by atoms with E-state index in [0.29, 0.717) is 12.2 Å². The number of carbonyl (C=O) groups is 1. The molecule has 0 spiro atoms. The number of nitrogens with zero attached hydrogens (tertiary/aromatic N) is 3. The van der Waals surface area contributed by atoms with Crippen molar-refractivity contribution in [3.05, 3.63) is 65.6 Å². The summed E-state index contributed by atoms with van der Waals surface area (Å²) in [5.74, 6) is 0.000147. The molecule has 1 aliphatic carbocycles. The van der Waals surface area contributed by atoms with Crippen LogP contribution in [0.5, 0.6) is 0 Å². The lowest BCUT2D eigenvalue weighted by Gasteiger charge is -2.22. The molecule has 1 aromatic carbocycles. The molecule has 2 aromatic heterocycles. The largest absolute Gasteiger partial charge is 0.383 e. The van der Waals surface area contributed by atoms with E-state index in [1.165, 1.54) is 5.56 Å². The van der Waals surface area contributed by atoms with Crippen molar-refractivity contribution < 1.29 is 9.53 Å². The molecule has 0 radical (unpaired) electrons. The Kier molecular flexibility index (Phi) is 6.32. The summed E-state index contributed by atoms with van der Waals surface area (Å²) in [5.41, 5.74) is 10.6. The van der Waals surface area contributed by atoms with Gasteiger partial charge >= 0.3 is 0 Å². The Morgan fingerprint density at radius 3 is 2.68 bits per heavy atom. The third kappa shape index (κ3) is 4.94. The molecule has 1 saturated carbocycles. The van der Waals surface area contributed by atoms with E-state index in [2.05, 4.69) is 46.6 Å². The predicted octanol–water partition coefficient (Wildman–Crippen LogP) is 3.49. The number of nitrogen functional groups attached to an aromatic ring is 1. The molecule has 31 heavy (non-hydrogen) atoms. The van der Waals surface area contributed by atoms with Crippen molar-refractivity contribution in [3.8, 4) is 11.1 Å². The molecule has 4 rings (SSSR count). The average Bonchev–Trinajstić information content (AvgIpc) is 3.41. The number of benzene rings is 1. The smallest absolute Gasteiger partial charge is 0.255 e. The van der Waals surface area contributed by atoms with Crippen LogP contribution in [0.3, 0.4) is 0 Å². The van der Waals surface area contributed by atoms with Crippen LogP contribution in [-0.4, -0.2) is 32.8 Å². The Morgan fingerprint density at radius 1 is 1.19 bits per heavy atom. The summed E-state index contributed by atoms with van der Waals surface area (Å²) in [5, 5.41) is 7.30. The van der Waals surface area contributed by atoms with Gasteiger partial charge in [-0.15, -0.1) is 0 Å². The molecule has 2 atom stereocenters. The van der Waals surface area contributed by atoms with Crippen LogP contribution < -0.4 is 11.1 Å². The normalized spacial score (nSPS) is 18.3. The fraction of sp³-hybridized carbons (Fsp3) is 0.375. The summed E-state index contributed by atoms with van der Waals surface area (Å²) in [4.78, 5) is 17.2. The van der Waals surface area contributed by atoms with Gasteiger partial charge in [0.05, 0.1) is 30.5 Å². The third-order valence-electron chi connectivity index (χ3n) is 5.87. The highest BCUT2D eigenvalue weighted by atomic mass is 16.5. The second-order valence-electron chi connectivity index (χ2n) is 8.09. The molecule has 0 bridgehead atoms. The molecule has 1 fully saturated rings. The maximum atomic E-state index is 13.0. The molecule has 7 nitrogen and oxygen atoms in total. The summed E-state index contributed by atoms with van der Waals surface area (Å²) in [6.07, 6.45) is 9.14. The zero-order chi connectivity index (χ0) is 21.8. The van der Waals surface area contributed by atoms with Crippen LogP contribution in [0, 0.1) is 0 Å². The van der Waals surface area contributed by atoms with Gasteiger partial charge in [-0.3, -0.25) is 9.48 Å². The van der Waals surface area contributed by atoms with Gasteiger partial charge in [0.15, 0.2) is 0 Å². The molecule has 3 aromatic rings. The highest BCUT2D eigenvalue weighted by molar-refractivity contribution is 5.99. The average molecular weight is 420 g/mol. The van der Waals surface area contributed by atoms with Gasteiger partial charge in [-0.2, -0.15) is 5.10 Å². The van der Waals surface area contributed by atoms with Crippen LogP contribution in [-0.2, 0) is 24.8 Å². The summed E-state index contributed by atoms with van der Waals surface area (Å²) < 4.78 is 7.88. The first-order valence-electron chi connectivity index (χ1n) is 10.8. The molecule has 1 amide bonds. The van der Waals surface area contributed by atoms with Crippen molar-refractivity contribution in [3.63, 3.8) is 0 Å². The molecule has 162 valence electrons. The SMILES string of the molecule is CCc1ccc(COC2CCCC2NC(=O)c2cc(-c3cnn(C)c3)cnc2N)cc1. The first kappa shape index (κ1) is 21.1. The van der Waals surface area contributed by atoms with Crippen LogP contribution in [0.4, 0.5) is 5.82 Å². The number of hydrogen-bond acceptors (Lipinski definition) is 5. The zero-order valence-corrected chi connectivity index (χ0v) is 18.0. The Balaban J connectivity index is 1.41. The van der Waals surface area contributed by atoms with Crippen molar-refractivity contribution in [1.29, 1.82) is 0 Å². The van der Waals surface area contributed by atoms with E-state index in [0.717, 1.165) is 42.4 Å². The number of nitrogens with one attached hydrogen (secondary N) is 1. The van der Waals surface area contributed by atoms with Crippen LogP contribution in [0.1, 0.15) is 47.7 Å². The van der Waals surface area contributed by atoms with Crippen LogP contribution in [0.2, 0.25) is 0 Å². The molecule has 2 unspecified atom stereocenters. The van der Waals surface area contributed by atoms with Crippen molar-refractivity contribution in [2.24, 2.45) is 7.05 Å². The third-order valence-corrected chi connectivity index (χ3v) is 5.87. The Bertz CT molecular complexity index is 1040. The molecule has 7 heteroatoms. The number of carbonyl (C=O) groups excluding carboxylic acids is 1. The fourth-order valence-corrected chi connectivity index (χ4v) is 4.00. The highest BCUT2D eigenvalue weighted by Gasteiger charge is 2.30. The maximum absolute atomic E-state index is 13.0. The van der Waals surface area contributed by atoms with Crippen molar-refractivity contribution >= 4 is 11.7 Å². The number of anilines is 1. The summed E-state index contributed by atoms with van der Waals surface area (Å²) in [6.45, 7) is 2.69. The second kappa shape index (κ2) is 9.31. The first-order chi connectivity index (χ1) is 15.0. The zero-order valence-electron chi connectivity index (χ0n) is 18.0. The van der Waals surface area contributed by atoms with Gasteiger partial charge in [0.1, 0.15) is 5.82 Å². The number of amides is 1. The standard InChI is InChI=1S/C24H29N5O2/c1-3-16-7-9-17(10-8-16)15-31-22-6-4-5-21(22)28-24(30)20-11-18(12-26-23(20)25)19-13-27-29(2)14-19/h7-14,21-22H,3-6,15H2,1-2H3,(H2,25,26)(H,28,30). The van der Waals surface area contributed by atoms with E-state index in [-0.39, 0.29) is 23.9 Å². The van der Waals surface area contributed by atoms with Gasteiger partial charge in [-0.05, 0) is 42.9 Å². The van der Waals surface area contributed by atoms with E-state index in [9.17, 15) is 4.79 Å². The lowest BCUT2D eigenvalue weighted by molar-refractivity contribution is 0.0272. The quantitative estimate of drug-likeness (QED) is 0.611. The van der Waals surface area contributed by atoms with Gasteiger partial charge < -0.3 is 15.8 Å². The number of aromatic nitrogens is 3. The highest BCUT2D eigenvalue weighted by Crippen LogP contribution is 2.25.